The fourth-order valence-corrected chi connectivity index (χ4v) is 3.04. The minimum atomic E-state index is 0.433. The Bertz CT molecular complexity index is 373. The summed E-state index contributed by atoms with van der Waals surface area (Å²) in [5.41, 5.74) is 2.25. The third kappa shape index (κ3) is 4.37. The van der Waals surface area contributed by atoms with E-state index >= 15 is 0 Å². The summed E-state index contributed by atoms with van der Waals surface area (Å²) in [4.78, 5) is 0. The van der Waals surface area contributed by atoms with Crippen LogP contribution in [0.25, 0.3) is 0 Å². The van der Waals surface area contributed by atoms with Gasteiger partial charge in [-0.1, -0.05) is 37.0 Å². The van der Waals surface area contributed by atoms with Gasteiger partial charge in [-0.05, 0) is 61.8 Å². The average Bonchev–Trinajstić information content (AvgIpc) is 2.46. The van der Waals surface area contributed by atoms with Crippen molar-refractivity contribution in [1.82, 2.24) is 0 Å². The van der Waals surface area contributed by atoms with Gasteiger partial charge in [0, 0.05) is 17.2 Å². The highest BCUT2D eigenvalue weighted by Crippen LogP contribution is 2.37. The van der Waals surface area contributed by atoms with Gasteiger partial charge in [0.25, 0.3) is 0 Å². The molecule has 0 aliphatic heterocycles. The maximum Gasteiger partial charge on any atom is 0.0571 e. The van der Waals surface area contributed by atoms with E-state index in [1.54, 1.807) is 7.11 Å². The van der Waals surface area contributed by atoms with Crippen LogP contribution in [0, 0.1) is 6.92 Å². The number of ether oxygens (including phenoxy) is 1. The van der Waals surface area contributed by atoms with Gasteiger partial charge in [0.15, 0.2) is 0 Å². The van der Waals surface area contributed by atoms with Crippen molar-refractivity contribution in [3.8, 4) is 0 Å². The zero-order valence-electron chi connectivity index (χ0n) is 12.3. The second-order valence-corrected chi connectivity index (χ2v) is 5.63. The van der Waals surface area contributed by atoms with Crippen LogP contribution in [-0.2, 0) is 4.74 Å². The third-order valence-corrected chi connectivity index (χ3v) is 4.57. The van der Waals surface area contributed by atoms with Gasteiger partial charge in [-0.3, -0.25) is 0 Å². The average molecular weight is 303 g/mol. The van der Waals surface area contributed by atoms with Crippen LogP contribution in [0.1, 0.15) is 56.6 Å². The first-order valence-corrected chi connectivity index (χ1v) is 7.85. The first-order valence-electron chi connectivity index (χ1n) is 7.10. The fraction of sp³-hybridized carbons (Fsp3) is 0.625. The van der Waals surface area contributed by atoms with Gasteiger partial charge >= 0.3 is 0 Å². The summed E-state index contributed by atoms with van der Waals surface area (Å²) in [7, 11) is 1.80. The SMILES string of the molecule is CC.COC1CCC(c2cc(Cl)c(C)c(Cl)c2)CC1. The maximum absolute atomic E-state index is 6.19. The van der Waals surface area contributed by atoms with Crippen LogP contribution in [0.15, 0.2) is 12.1 Å². The van der Waals surface area contributed by atoms with Crippen molar-refractivity contribution >= 4 is 23.2 Å². The van der Waals surface area contributed by atoms with E-state index in [1.807, 2.05) is 20.8 Å². The summed E-state index contributed by atoms with van der Waals surface area (Å²) >= 11 is 12.4. The summed E-state index contributed by atoms with van der Waals surface area (Å²) < 4.78 is 5.39. The molecule has 0 aromatic heterocycles. The predicted molar refractivity (Wildman–Crippen MR) is 84.6 cm³/mol. The quantitative estimate of drug-likeness (QED) is 0.651. The molecule has 3 heteroatoms. The van der Waals surface area contributed by atoms with E-state index in [1.165, 1.54) is 5.56 Å². The van der Waals surface area contributed by atoms with E-state index in [9.17, 15) is 0 Å². The lowest BCUT2D eigenvalue weighted by Gasteiger charge is -2.28. The van der Waals surface area contributed by atoms with E-state index in [0.717, 1.165) is 41.3 Å². The highest BCUT2D eigenvalue weighted by Gasteiger charge is 2.22. The number of halogens is 2. The molecule has 1 fully saturated rings. The number of methoxy groups -OCH3 is 1. The molecule has 0 amide bonds. The van der Waals surface area contributed by atoms with Crippen molar-refractivity contribution in [2.24, 2.45) is 0 Å². The summed E-state index contributed by atoms with van der Waals surface area (Å²) in [6, 6.07) is 4.14. The molecule has 2 rings (SSSR count). The van der Waals surface area contributed by atoms with E-state index in [0.29, 0.717) is 12.0 Å². The molecule has 0 spiro atoms. The van der Waals surface area contributed by atoms with Crippen LogP contribution >= 0.6 is 23.2 Å². The van der Waals surface area contributed by atoms with Crippen LogP contribution in [0.5, 0.6) is 0 Å². The molecule has 0 unspecified atom stereocenters. The Kier molecular flexibility index (Phi) is 7.20. The molecule has 0 heterocycles. The number of hydrogen-bond acceptors (Lipinski definition) is 1. The Hall–Kier alpha value is -0.240. The van der Waals surface area contributed by atoms with Gasteiger partial charge in [-0.15, -0.1) is 0 Å². The number of benzene rings is 1. The largest absolute Gasteiger partial charge is 0.381 e. The maximum atomic E-state index is 6.19. The fourth-order valence-electron chi connectivity index (χ4n) is 2.53. The molecule has 19 heavy (non-hydrogen) atoms. The van der Waals surface area contributed by atoms with Gasteiger partial charge in [0.1, 0.15) is 0 Å². The monoisotopic (exact) mass is 302 g/mol. The predicted octanol–water partition coefficient (Wildman–Crippen LogP) is 6.00. The highest BCUT2D eigenvalue weighted by molar-refractivity contribution is 6.36. The lowest BCUT2D eigenvalue weighted by Crippen LogP contribution is -2.19. The van der Waals surface area contributed by atoms with Crippen LogP contribution in [0.4, 0.5) is 0 Å². The van der Waals surface area contributed by atoms with E-state index in [4.69, 9.17) is 27.9 Å². The zero-order chi connectivity index (χ0) is 14.4. The molecule has 1 nitrogen and oxygen atoms in total. The zero-order valence-corrected chi connectivity index (χ0v) is 13.8. The molecule has 1 aromatic carbocycles. The van der Waals surface area contributed by atoms with E-state index < -0.39 is 0 Å². The summed E-state index contributed by atoms with van der Waals surface area (Å²) in [5, 5.41) is 1.56. The van der Waals surface area contributed by atoms with Crippen molar-refractivity contribution < 1.29 is 4.74 Å². The van der Waals surface area contributed by atoms with Crippen LogP contribution < -0.4 is 0 Å². The molecule has 0 bridgehead atoms. The normalized spacial score (nSPS) is 22.6. The molecular formula is C16H24Cl2O. The molecular weight excluding hydrogens is 279 g/mol. The molecule has 1 aromatic rings. The van der Waals surface area contributed by atoms with E-state index in [-0.39, 0.29) is 0 Å². The third-order valence-electron chi connectivity index (χ3n) is 3.78. The van der Waals surface area contributed by atoms with Crippen molar-refractivity contribution in [1.29, 1.82) is 0 Å². The Morgan fingerprint density at radius 3 is 1.89 bits per heavy atom. The van der Waals surface area contributed by atoms with Crippen molar-refractivity contribution in [3.63, 3.8) is 0 Å². The highest BCUT2D eigenvalue weighted by atomic mass is 35.5. The molecule has 1 aliphatic carbocycles. The first kappa shape index (κ1) is 16.8. The lowest BCUT2D eigenvalue weighted by molar-refractivity contribution is 0.0659. The summed E-state index contributed by atoms with van der Waals surface area (Å²) in [6.45, 7) is 5.95. The summed E-state index contributed by atoms with van der Waals surface area (Å²) in [6.07, 6.45) is 5.01. The molecule has 0 saturated heterocycles. The molecule has 0 atom stereocenters. The van der Waals surface area contributed by atoms with E-state index in [2.05, 4.69) is 12.1 Å². The number of rotatable bonds is 2. The van der Waals surface area contributed by atoms with Gasteiger partial charge in [0.2, 0.25) is 0 Å². The molecule has 0 N–H and O–H groups in total. The minimum Gasteiger partial charge on any atom is -0.381 e. The molecule has 0 radical (unpaired) electrons. The molecule has 108 valence electrons. The number of hydrogen-bond donors (Lipinski definition) is 0. The molecule has 1 aliphatic rings. The molecule has 1 saturated carbocycles. The summed E-state index contributed by atoms with van der Waals surface area (Å²) in [5.74, 6) is 0.581. The van der Waals surface area contributed by atoms with Crippen molar-refractivity contribution in [2.75, 3.05) is 7.11 Å². The van der Waals surface area contributed by atoms with Crippen LogP contribution in [0.2, 0.25) is 10.0 Å². The lowest BCUT2D eigenvalue weighted by atomic mass is 9.82. The Morgan fingerprint density at radius 1 is 1.00 bits per heavy atom. The topological polar surface area (TPSA) is 9.23 Å². The van der Waals surface area contributed by atoms with Gasteiger partial charge in [-0.2, -0.15) is 0 Å². The van der Waals surface area contributed by atoms with Gasteiger partial charge in [-0.25, -0.2) is 0 Å². The Morgan fingerprint density at radius 2 is 1.47 bits per heavy atom. The van der Waals surface area contributed by atoms with Crippen LogP contribution in [0.3, 0.4) is 0 Å². The van der Waals surface area contributed by atoms with Gasteiger partial charge < -0.3 is 4.74 Å². The van der Waals surface area contributed by atoms with Crippen molar-refractivity contribution in [3.05, 3.63) is 33.3 Å². The standard InChI is InChI=1S/C14H18Cl2O.C2H6/c1-9-13(15)7-11(8-14(9)16)10-3-5-12(17-2)6-4-10;1-2/h7-8,10,12H,3-6H2,1-2H3;1-2H3. The Labute approximate surface area is 127 Å². The van der Waals surface area contributed by atoms with Crippen molar-refractivity contribution in [2.45, 2.75) is 58.5 Å². The van der Waals surface area contributed by atoms with Gasteiger partial charge in [0.05, 0.1) is 6.10 Å². The first-order chi connectivity index (χ1) is 9.11. The van der Waals surface area contributed by atoms with Crippen LogP contribution in [-0.4, -0.2) is 13.2 Å². The minimum absolute atomic E-state index is 0.433. The Balaban J connectivity index is 0.000000861. The second kappa shape index (κ2) is 8.14. The smallest absolute Gasteiger partial charge is 0.0571 e. The second-order valence-electron chi connectivity index (χ2n) is 4.82.